The fraction of sp³-hybridized carbons (Fsp3) is 0.263. The van der Waals surface area contributed by atoms with Crippen LogP contribution in [-0.2, 0) is 4.79 Å². The zero-order valence-electron chi connectivity index (χ0n) is 14.4. The lowest BCUT2D eigenvalue weighted by Crippen LogP contribution is -2.41. The molecule has 0 aliphatic carbocycles. The van der Waals surface area contributed by atoms with E-state index in [1.165, 1.54) is 0 Å². The molecule has 3 aromatic rings. The van der Waals surface area contributed by atoms with E-state index >= 15 is 0 Å². The number of rotatable bonds is 7. The smallest absolute Gasteiger partial charge is 0.326 e. The summed E-state index contributed by atoms with van der Waals surface area (Å²) in [5, 5.41) is 16.1. The van der Waals surface area contributed by atoms with Crippen molar-refractivity contribution in [3.63, 3.8) is 0 Å². The maximum Gasteiger partial charge on any atom is 0.326 e. The minimum atomic E-state index is -1.00. The lowest BCUT2D eigenvalue weighted by molar-refractivity contribution is -0.139. The second-order valence-electron chi connectivity index (χ2n) is 6.30. The Hall–Kier alpha value is -1.96. The van der Waals surface area contributed by atoms with Gasteiger partial charge in [0.25, 0.3) is 5.91 Å². The third-order valence-corrected chi connectivity index (χ3v) is 7.05. The third-order valence-electron chi connectivity index (χ3n) is 3.80. The van der Waals surface area contributed by atoms with Crippen LogP contribution in [0.2, 0.25) is 0 Å². The van der Waals surface area contributed by atoms with Crippen molar-refractivity contribution in [3.05, 3.63) is 46.7 Å². The molecule has 1 amide bonds. The zero-order valence-corrected chi connectivity index (χ0v) is 16.8. The number of carboxylic acid groups (broad SMARTS) is 1. The quantitative estimate of drug-likeness (QED) is 0.550. The van der Waals surface area contributed by atoms with Crippen molar-refractivity contribution in [2.75, 3.05) is 0 Å². The minimum absolute atomic E-state index is 0.178. The number of aliphatic carboxylic acids is 1. The first-order chi connectivity index (χ1) is 12.5. The average molecular weight is 406 g/mol. The van der Waals surface area contributed by atoms with Crippen molar-refractivity contribution < 1.29 is 14.7 Å². The van der Waals surface area contributed by atoms with Crippen LogP contribution in [0.4, 0.5) is 0 Å². The van der Waals surface area contributed by atoms with Gasteiger partial charge in [-0.05, 0) is 41.3 Å². The van der Waals surface area contributed by atoms with Gasteiger partial charge in [0.05, 0.1) is 10.4 Å². The van der Waals surface area contributed by atoms with E-state index in [9.17, 15) is 14.7 Å². The second-order valence-corrected chi connectivity index (χ2v) is 9.25. The number of nitrogens with one attached hydrogen (secondary N) is 1. The Bertz CT molecular complexity index is 879. The lowest BCUT2D eigenvalue weighted by atomic mass is 10.0. The molecule has 3 heterocycles. The monoisotopic (exact) mass is 405 g/mol. The normalized spacial score (nSPS) is 12.3. The van der Waals surface area contributed by atoms with Gasteiger partial charge in [-0.3, -0.25) is 4.79 Å². The van der Waals surface area contributed by atoms with E-state index in [2.05, 4.69) is 5.32 Å². The molecular weight excluding hydrogens is 386 g/mol. The van der Waals surface area contributed by atoms with E-state index in [1.54, 1.807) is 34.0 Å². The van der Waals surface area contributed by atoms with Crippen molar-refractivity contribution in [1.29, 1.82) is 0 Å². The summed E-state index contributed by atoms with van der Waals surface area (Å²) in [4.78, 5) is 28.4. The van der Waals surface area contributed by atoms with Crippen molar-refractivity contribution in [3.8, 4) is 19.5 Å². The first kappa shape index (κ1) is 18.8. The number of hydrogen-bond acceptors (Lipinski definition) is 5. The molecule has 4 nitrogen and oxygen atoms in total. The standard InChI is InChI=1S/C19H19NO3S3/c1-11(2)9-13(19(22)23)20-18(21)12-10-16(14-5-3-7-24-14)26-17(12)15-6-4-8-25-15/h3-8,10-11,13H,9H2,1-2H3,(H,20,21)(H,22,23)/t13-/m0/s1. The van der Waals surface area contributed by atoms with Gasteiger partial charge < -0.3 is 10.4 Å². The SMILES string of the molecule is CC(C)C[C@H](NC(=O)c1cc(-c2cccs2)sc1-c1cccs1)C(=O)O. The predicted molar refractivity (Wildman–Crippen MR) is 109 cm³/mol. The van der Waals surface area contributed by atoms with Crippen LogP contribution in [0.15, 0.2) is 41.1 Å². The van der Waals surface area contributed by atoms with E-state index in [-0.39, 0.29) is 11.8 Å². The Morgan fingerprint density at radius 2 is 1.73 bits per heavy atom. The van der Waals surface area contributed by atoms with Crippen LogP contribution >= 0.6 is 34.0 Å². The Morgan fingerprint density at radius 1 is 1.08 bits per heavy atom. The molecule has 0 fully saturated rings. The summed E-state index contributed by atoms with van der Waals surface area (Å²) in [5.74, 6) is -1.16. The highest BCUT2D eigenvalue weighted by Gasteiger charge is 2.25. The van der Waals surface area contributed by atoms with Crippen LogP contribution in [0, 0.1) is 5.92 Å². The van der Waals surface area contributed by atoms with E-state index in [0.717, 1.165) is 19.5 Å². The highest BCUT2D eigenvalue weighted by molar-refractivity contribution is 7.26. The molecule has 0 saturated heterocycles. The fourth-order valence-electron chi connectivity index (χ4n) is 2.62. The Morgan fingerprint density at radius 3 is 2.27 bits per heavy atom. The zero-order chi connectivity index (χ0) is 18.7. The molecule has 0 unspecified atom stereocenters. The van der Waals surface area contributed by atoms with Crippen LogP contribution in [-0.4, -0.2) is 23.0 Å². The largest absolute Gasteiger partial charge is 0.480 e. The maximum absolute atomic E-state index is 12.9. The first-order valence-corrected chi connectivity index (χ1v) is 10.8. The van der Waals surface area contributed by atoms with E-state index in [4.69, 9.17) is 0 Å². The summed E-state index contributed by atoms with van der Waals surface area (Å²) in [6.45, 7) is 3.89. The molecule has 2 N–H and O–H groups in total. The van der Waals surface area contributed by atoms with Gasteiger partial charge in [0.15, 0.2) is 0 Å². The molecule has 7 heteroatoms. The summed E-state index contributed by atoms with van der Waals surface area (Å²) in [5.41, 5.74) is 0.538. The number of amides is 1. The van der Waals surface area contributed by atoms with Gasteiger partial charge in [0.1, 0.15) is 6.04 Å². The van der Waals surface area contributed by atoms with Gasteiger partial charge in [-0.25, -0.2) is 4.79 Å². The van der Waals surface area contributed by atoms with Crippen LogP contribution < -0.4 is 5.32 Å². The topological polar surface area (TPSA) is 66.4 Å². The molecule has 0 aliphatic heterocycles. The van der Waals surface area contributed by atoms with Crippen molar-refractivity contribution in [2.24, 2.45) is 5.92 Å². The fourth-order valence-corrected chi connectivity index (χ4v) is 5.47. The molecule has 0 saturated carbocycles. The number of carboxylic acids is 1. The molecule has 0 aromatic carbocycles. The summed E-state index contributed by atoms with van der Waals surface area (Å²) in [7, 11) is 0. The molecule has 0 spiro atoms. The van der Waals surface area contributed by atoms with Gasteiger partial charge in [-0.1, -0.05) is 26.0 Å². The lowest BCUT2D eigenvalue weighted by Gasteiger charge is -2.16. The van der Waals surface area contributed by atoms with Crippen molar-refractivity contribution in [2.45, 2.75) is 26.3 Å². The summed E-state index contributed by atoms with van der Waals surface area (Å²) in [6, 6.07) is 8.92. The predicted octanol–water partition coefficient (Wildman–Crippen LogP) is 5.43. The Labute approximate surface area is 164 Å². The van der Waals surface area contributed by atoms with E-state index in [0.29, 0.717) is 12.0 Å². The molecule has 3 aromatic heterocycles. The molecule has 136 valence electrons. The summed E-state index contributed by atoms with van der Waals surface area (Å²) >= 11 is 4.76. The van der Waals surface area contributed by atoms with Gasteiger partial charge in [0, 0.05) is 14.6 Å². The van der Waals surface area contributed by atoms with Crippen molar-refractivity contribution >= 4 is 45.9 Å². The molecular formula is C19H19NO3S3. The molecule has 0 radical (unpaired) electrons. The van der Waals surface area contributed by atoms with E-state index in [1.807, 2.05) is 54.9 Å². The summed E-state index contributed by atoms with van der Waals surface area (Å²) < 4.78 is 0. The Kier molecular flexibility index (Phi) is 5.90. The van der Waals surface area contributed by atoms with Gasteiger partial charge >= 0.3 is 5.97 Å². The highest BCUT2D eigenvalue weighted by Crippen LogP contribution is 2.41. The highest BCUT2D eigenvalue weighted by atomic mass is 32.1. The number of thiophene rings is 3. The Balaban J connectivity index is 1.94. The van der Waals surface area contributed by atoms with E-state index < -0.39 is 12.0 Å². The summed E-state index contributed by atoms with van der Waals surface area (Å²) in [6.07, 6.45) is 0.400. The van der Waals surface area contributed by atoms with Gasteiger partial charge in [-0.2, -0.15) is 0 Å². The number of carbonyl (C=O) groups is 2. The van der Waals surface area contributed by atoms with Crippen LogP contribution in [0.1, 0.15) is 30.6 Å². The maximum atomic E-state index is 12.9. The van der Waals surface area contributed by atoms with Crippen LogP contribution in [0.25, 0.3) is 19.5 Å². The van der Waals surface area contributed by atoms with Crippen LogP contribution in [0.5, 0.6) is 0 Å². The third kappa shape index (κ3) is 4.23. The molecule has 3 rings (SSSR count). The first-order valence-electron chi connectivity index (χ1n) is 8.21. The average Bonchev–Trinajstić information content (AvgIpc) is 3.32. The van der Waals surface area contributed by atoms with Crippen LogP contribution in [0.3, 0.4) is 0 Å². The molecule has 1 atom stereocenters. The molecule has 26 heavy (non-hydrogen) atoms. The minimum Gasteiger partial charge on any atom is -0.480 e. The van der Waals surface area contributed by atoms with Crippen molar-refractivity contribution in [1.82, 2.24) is 5.32 Å². The molecule has 0 bridgehead atoms. The van der Waals surface area contributed by atoms with Gasteiger partial charge in [0.2, 0.25) is 0 Å². The number of carbonyl (C=O) groups excluding carboxylic acids is 1. The second kappa shape index (κ2) is 8.16. The molecule has 0 aliphatic rings. The van der Waals surface area contributed by atoms with Gasteiger partial charge in [-0.15, -0.1) is 34.0 Å². The number of hydrogen-bond donors (Lipinski definition) is 2.